The molecule has 0 saturated heterocycles. The van der Waals surface area contributed by atoms with Gasteiger partial charge < -0.3 is 0 Å². The molecule has 19 heavy (non-hydrogen) atoms. The Bertz CT molecular complexity index is 592. The van der Waals surface area contributed by atoms with Crippen LogP contribution in [0.4, 0.5) is 8.78 Å². The molecule has 0 aliphatic rings. The van der Waals surface area contributed by atoms with E-state index >= 15 is 0 Å². The van der Waals surface area contributed by atoms with Crippen LogP contribution in [-0.2, 0) is 0 Å². The SMILES string of the molecule is O=C(N/N=C\c1ccc(F)cc1)c1ccc(F)cc1. The van der Waals surface area contributed by atoms with Crippen LogP contribution in [0.1, 0.15) is 15.9 Å². The minimum absolute atomic E-state index is 0.303. The zero-order valence-electron chi connectivity index (χ0n) is 9.81. The number of benzene rings is 2. The van der Waals surface area contributed by atoms with E-state index in [-0.39, 0.29) is 5.82 Å². The second-order valence-electron chi connectivity index (χ2n) is 3.76. The maximum Gasteiger partial charge on any atom is 0.271 e. The summed E-state index contributed by atoms with van der Waals surface area (Å²) in [5.41, 5.74) is 3.25. The molecule has 0 aliphatic carbocycles. The van der Waals surface area contributed by atoms with E-state index in [2.05, 4.69) is 10.5 Å². The fourth-order valence-electron chi connectivity index (χ4n) is 1.38. The molecule has 2 rings (SSSR count). The van der Waals surface area contributed by atoms with Gasteiger partial charge in [0.15, 0.2) is 0 Å². The van der Waals surface area contributed by atoms with Crippen LogP contribution in [0.5, 0.6) is 0 Å². The molecule has 0 aliphatic heterocycles. The second-order valence-corrected chi connectivity index (χ2v) is 3.76. The first-order valence-electron chi connectivity index (χ1n) is 5.50. The molecule has 96 valence electrons. The van der Waals surface area contributed by atoms with Gasteiger partial charge in [-0.3, -0.25) is 4.79 Å². The van der Waals surface area contributed by atoms with Crippen molar-refractivity contribution < 1.29 is 13.6 Å². The summed E-state index contributed by atoms with van der Waals surface area (Å²) in [6, 6.07) is 10.8. The number of nitrogens with zero attached hydrogens (tertiary/aromatic N) is 1. The topological polar surface area (TPSA) is 41.5 Å². The Morgan fingerprint density at radius 2 is 1.47 bits per heavy atom. The normalized spacial score (nSPS) is 10.6. The van der Waals surface area contributed by atoms with Crippen molar-refractivity contribution in [2.45, 2.75) is 0 Å². The van der Waals surface area contributed by atoms with Gasteiger partial charge >= 0.3 is 0 Å². The predicted molar refractivity (Wildman–Crippen MR) is 67.9 cm³/mol. The first kappa shape index (κ1) is 12.9. The van der Waals surface area contributed by atoms with E-state index in [4.69, 9.17) is 0 Å². The van der Waals surface area contributed by atoms with Gasteiger partial charge in [0.2, 0.25) is 0 Å². The molecule has 0 heterocycles. The predicted octanol–water partition coefficient (Wildman–Crippen LogP) is 2.73. The highest BCUT2D eigenvalue weighted by Gasteiger charge is 2.03. The first-order valence-corrected chi connectivity index (χ1v) is 5.50. The summed E-state index contributed by atoms with van der Waals surface area (Å²) in [6.45, 7) is 0. The number of amides is 1. The van der Waals surface area contributed by atoms with Crippen molar-refractivity contribution in [3.63, 3.8) is 0 Å². The molecule has 1 N–H and O–H groups in total. The molecule has 1 amide bonds. The molecule has 0 bridgehead atoms. The van der Waals surface area contributed by atoms with E-state index in [1.54, 1.807) is 0 Å². The average molecular weight is 260 g/mol. The quantitative estimate of drug-likeness (QED) is 0.669. The van der Waals surface area contributed by atoms with Gasteiger partial charge in [-0.1, -0.05) is 12.1 Å². The monoisotopic (exact) mass is 260 g/mol. The third-order valence-electron chi connectivity index (χ3n) is 2.36. The van der Waals surface area contributed by atoms with Crippen molar-refractivity contribution in [3.8, 4) is 0 Å². The fraction of sp³-hybridized carbons (Fsp3) is 0. The number of nitrogens with one attached hydrogen (secondary N) is 1. The third kappa shape index (κ3) is 3.70. The van der Waals surface area contributed by atoms with Gasteiger partial charge in [-0.25, -0.2) is 14.2 Å². The zero-order valence-corrected chi connectivity index (χ0v) is 9.81. The van der Waals surface area contributed by atoms with Crippen LogP contribution in [0.2, 0.25) is 0 Å². The van der Waals surface area contributed by atoms with Gasteiger partial charge in [0.1, 0.15) is 11.6 Å². The number of hydrogen-bond donors (Lipinski definition) is 1. The molecule has 2 aromatic carbocycles. The Balaban J connectivity index is 1.96. The number of rotatable bonds is 3. The summed E-state index contributed by atoms with van der Waals surface area (Å²) < 4.78 is 25.3. The van der Waals surface area contributed by atoms with Crippen molar-refractivity contribution >= 4 is 12.1 Å². The lowest BCUT2D eigenvalue weighted by atomic mass is 10.2. The molecule has 5 heteroatoms. The lowest BCUT2D eigenvalue weighted by Gasteiger charge is -1.99. The molecule has 0 saturated carbocycles. The van der Waals surface area contributed by atoms with Crippen molar-refractivity contribution in [2.24, 2.45) is 5.10 Å². The number of carbonyl (C=O) groups excluding carboxylic acids is 1. The van der Waals surface area contributed by atoms with Crippen molar-refractivity contribution in [1.82, 2.24) is 5.43 Å². The van der Waals surface area contributed by atoms with Gasteiger partial charge in [0.05, 0.1) is 6.21 Å². The smallest absolute Gasteiger partial charge is 0.267 e. The highest BCUT2D eigenvalue weighted by atomic mass is 19.1. The van der Waals surface area contributed by atoms with Crippen LogP contribution in [0.3, 0.4) is 0 Å². The Labute approximate surface area is 108 Å². The first-order chi connectivity index (χ1) is 9.15. The maximum absolute atomic E-state index is 12.7. The average Bonchev–Trinajstić information content (AvgIpc) is 2.41. The largest absolute Gasteiger partial charge is 0.271 e. The van der Waals surface area contributed by atoms with Crippen LogP contribution in [0.15, 0.2) is 53.6 Å². The lowest BCUT2D eigenvalue weighted by Crippen LogP contribution is -2.17. The number of hydrazone groups is 1. The third-order valence-corrected chi connectivity index (χ3v) is 2.36. The van der Waals surface area contributed by atoms with Gasteiger partial charge in [0.25, 0.3) is 5.91 Å². The molecular formula is C14H10F2N2O. The molecule has 0 unspecified atom stereocenters. The lowest BCUT2D eigenvalue weighted by molar-refractivity contribution is 0.0955. The Kier molecular flexibility index (Phi) is 3.97. The minimum Gasteiger partial charge on any atom is -0.267 e. The van der Waals surface area contributed by atoms with E-state index < -0.39 is 11.7 Å². The maximum atomic E-state index is 12.7. The zero-order chi connectivity index (χ0) is 13.7. The standard InChI is InChI=1S/C14H10F2N2O/c15-12-5-1-10(2-6-12)9-17-18-14(19)11-3-7-13(16)8-4-11/h1-9H,(H,18,19)/b17-9-. The molecule has 0 fully saturated rings. The summed E-state index contributed by atoms with van der Waals surface area (Å²) in [4.78, 5) is 11.6. The van der Waals surface area contributed by atoms with Crippen LogP contribution in [-0.4, -0.2) is 12.1 Å². The van der Waals surface area contributed by atoms with Crippen molar-refractivity contribution in [3.05, 3.63) is 71.3 Å². The van der Waals surface area contributed by atoms with E-state index in [0.717, 1.165) is 0 Å². The summed E-state index contributed by atoms with van der Waals surface area (Å²) in [6.07, 6.45) is 1.39. The van der Waals surface area contributed by atoms with Crippen LogP contribution in [0.25, 0.3) is 0 Å². The molecule has 0 spiro atoms. The van der Waals surface area contributed by atoms with Crippen LogP contribution < -0.4 is 5.43 Å². The molecule has 2 aromatic rings. The van der Waals surface area contributed by atoms with Gasteiger partial charge in [-0.05, 0) is 42.0 Å². The summed E-state index contributed by atoms with van der Waals surface area (Å²) in [5, 5.41) is 3.73. The molecule has 0 atom stereocenters. The molecule has 3 nitrogen and oxygen atoms in total. The Morgan fingerprint density at radius 1 is 0.947 bits per heavy atom. The van der Waals surface area contributed by atoms with E-state index in [9.17, 15) is 13.6 Å². The summed E-state index contributed by atoms with van der Waals surface area (Å²) >= 11 is 0. The Morgan fingerprint density at radius 3 is 2.05 bits per heavy atom. The van der Waals surface area contributed by atoms with Gasteiger partial charge in [0, 0.05) is 5.56 Å². The van der Waals surface area contributed by atoms with E-state index in [1.807, 2.05) is 0 Å². The second kappa shape index (κ2) is 5.86. The molecular weight excluding hydrogens is 250 g/mol. The minimum atomic E-state index is -0.446. The Hall–Kier alpha value is -2.56. The van der Waals surface area contributed by atoms with E-state index in [0.29, 0.717) is 11.1 Å². The van der Waals surface area contributed by atoms with Crippen LogP contribution in [0, 0.1) is 11.6 Å². The van der Waals surface area contributed by atoms with Crippen molar-refractivity contribution in [2.75, 3.05) is 0 Å². The molecule has 0 radical (unpaired) electrons. The number of hydrogen-bond acceptors (Lipinski definition) is 2. The van der Waals surface area contributed by atoms with Crippen LogP contribution >= 0.6 is 0 Å². The van der Waals surface area contributed by atoms with E-state index in [1.165, 1.54) is 54.7 Å². The number of carbonyl (C=O) groups is 1. The highest BCUT2D eigenvalue weighted by molar-refractivity contribution is 5.94. The fourth-order valence-corrected chi connectivity index (χ4v) is 1.38. The van der Waals surface area contributed by atoms with Gasteiger partial charge in [-0.2, -0.15) is 5.10 Å². The summed E-state index contributed by atoms with van der Waals surface area (Å²) in [7, 11) is 0. The summed E-state index contributed by atoms with van der Waals surface area (Å²) in [5.74, 6) is -1.20. The molecule has 0 aromatic heterocycles. The van der Waals surface area contributed by atoms with Crippen molar-refractivity contribution in [1.29, 1.82) is 0 Å². The number of halogens is 2. The highest BCUT2D eigenvalue weighted by Crippen LogP contribution is 2.02. The van der Waals surface area contributed by atoms with Gasteiger partial charge in [-0.15, -0.1) is 0 Å².